The monoisotopic (exact) mass is 370 g/mol. The first-order valence-corrected chi connectivity index (χ1v) is 10.7. The van der Waals surface area contributed by atoms with Crippen molar-refractivity contribution < 1.29 is 22.9 Å². The van der Waals surface area contributed by atoms with Gasteiger partial charge >= 0.3 is 7.82 Å². The van der Waals surface area contributed by atoms with Crippen LogP contribution in [0.4, 0.5) is 0 Å². The molecule has 2 unspecified atom stereocenters. The fourth-order valence-electron chi connectivity index (χ4n) is 3.05. The van der Waals surface area contributed by atoms with Crippen molar-refractivity contribution in [1.82, 2.24) is 0 Å². The van der Waals surface area contributed by atoms with Gasteiger partial charge in [0.2, 0.25) is 0 Å². The maximum Gasteiger partial charge on any atom is 0.477 e. The Labute approximate surface area is 151 Å². The Kier molecular flexibility index (Phi) is 7.95. The van der Waals surface area contributed by atoms with E-state index in [4.69, 9.17) is 18.3 Å². The number of rotatable bonds is 12. The van der Waals surface area contributed by atoms with Gasteiger partial charge in [-0.05, 0) is 68.6 Å². The van der Waals surface area contributed by atoms with Crippen molar-refractivity contribution in [3.05, 3.63) is 29.8 Å². The number of benzene rings is 1. The standard InChI is InChI=1S/C19H31O5P/c1-5-22-25(20,23-6-2)24-14-21-19-9-7-8-18(13-19)16(4)12-15(3)17-10-11-17/h7-9,13,15-17H,5-6,10-12,14H2,1-4H3. The van der Waals surface area contributed by atoms with Crippen LogP contribution in [0.5, 0.6) is 5.75 Å². The SMILES string of the molecule is CCOP(=O)(OCC)OCOc1cccc(C(C)CC(C)C2CC2)c1. The molecule has 2 rings (SSSR count). The molecule has 1 saturated carbocycles. The van der Waals surface area contributed by atoms with Crippen molar-refractivity contribution in [2.75, 3.05) is 20.0 Å². The molecule has 0 saturated heterocycles. The fourth-order valence-corrected chi connectivity index (χ4v) is 4.09. The van der Waals surface area contributed by atoms with E-state index < -0.39 is 7.82 Å². The van der Waals surface area contributed by atoms with Crippen molar-refractivity contribution in [3.63, 3.8) is 0 Å². The van der Waals surface area contributed by atoms with Crippen LogP contribution >= 0.6 is 7.82 Å². The summed E-state index contributed by atoms with van der Waals surface area (Å²) in [5.41, 5.74) is 1.25. The highest BCUT2D eigenvalue weighted by molar-refractivity contribution is 7.48. The first-order chi connectivity index (χ1) is 12.0. The Morgan fingerprint density at radius 1 is 1.12 bits per heavy atom. The highest BCUT2D eigenvalue weighted by atomic mass is 31.2. The van der Waals surface area contributed by atoms with E-state index in [-0.39, 0.29) is 20.0 Å². The van der Waals surface area contributed by atoms with Crippen molar-refractivity contribution in [2.45, 2.75) is 52.9 Å². The molecular weight excluding hydrogens is 339 g/mol. The van der Waals surface area contributed by atoms with E-state index in [1.165, 1.54) is 24.8 Å². The minimum atomic E-state index is -3.54. The topological polar surface area (TPSA) is 54.0 Å². The third-order valence-corrected chi connectivity index (χ3v) is 6.16. The highest BCUT2D eigenvalue weighted by Crippen LogP contribution is 2.49. The summed E-state index contributed by atoms with van der Waals surface area (Å²) >= 11 is 0. The molecule has 0 amide bonds. The van der Waals surface area contributed by atoms with Crippen LogP contribution in [-0.4, -0.2) is 20.0 Å². The van der Waals surface area contributed by atoms with E-state index in [1.807, 2.05) is 18.2 Å². The van der Waals surface area contributed by atoms with Crippen molar-refractivity contribution in [1.29, 1.82) is 0 Å². The zero-order valence-electron chi connectivity index (χ0n) is 15.8. The molecule has 1 aromatic rings. The Morgan fingerprint density at radius 3 is 2.40 bits per heavy atom. The van der Waals surface area contributed by atoms with Crippen molar-refractivity contribution in [2.24, 2.45) is 11.8 Å². The highest BCUT2D eigenvalue weighted by Gasteiger charge is 2.29. The second-order valence-electron chi connectivity index (χ2n) is 6.70. The molecule has 1 aromatic carbocycles. The number of hydrogen-bond donors (Lipinski definition) is 0. The largest absolute Gasteiger partial charge is 0.477 e. The van der Waals surface area contributed by atoms with Crippen LogP contribution in [0, 0.1) is 11.8 Å². The summed E-state index contributed by atoms with van der Waals surface area (Å²) in [6.45, 7) is 8.42. The van der Waals surface area contributed by atoms with Gasteiger partial charge < -0.3 is 4.74 Å². The molecule has 25 heavy (non-hydrogen) atoms. The number of ether oxygens (including phenoxy) is 1. The predicted octanol–water partition coefficient (Wildman–Crippen LogP) is 5.76. The lowest BCUT2D eigenvalue weighted by atomic mass is 9.89. The van der Waals surface area contributed by atoms with E-state index in [2.05, 4.69) is 19.9 Å². The second kappa shape index (κ2) is 9.72. The van der Waals surface area contributed by atoms with Gasteiger partial charge in [-0.3, -0.25) is 9.05 Å². The van der Waals surface area contributed by atoms with Crippen molar-refractivity contribution in [3.8, 4) is 5.75 Å². The van der Waals surface area contributed by atoms with Gasteiger partial charge in [0.25, 0.3) is 0 Å². The summed E-state index contributed by atoms with van der Waals surface area (Å²) in [4.78, 5) is 0. The summed E-state index contributed by atoms with van der Waals surface area (Å²) in [5.74, 6) is 2.87. The summed E-state index contributed by atoms with van der Waals surface area (Å²) in [7, 11) is -3.54. The minimum Gasteiger partial charge on any atom is -0.467 e. The lowest BCUT2D eigenvalue weighted by Crippen LogP contribution is -2.07. The van der Waals surface area contributed by atoms with Gasteiger partial charge in [-0.1, -0.05) is 26.0 Å². The summed E-state index contributed by atoms with van der Waals surface area (Å²) < 4.78 is 33.2. The summed E-state index contributed by atoms with van der Waals surface area (Å²) in [6, 6.07) is 8.01. The molecule has 1 aliphatic rings. The quantitative estimate of drug-likeness (QED) is 0.346. The molecule has 0 N–H and O–H groups in total. The average Bonchev–Trinajstić information content (AvgIpc) is 3.40. The van der Waals surface area contributed by atoms with Crippen LogP contribution < -0.4 is 4.74 Å². The van der Waals surface area contributed by atoms with Gasteiger partial charge in [0.15, 0.2) is 6.79 Å². The smallest absolute Gasteiger partial charge is 0.467 e. The van der Waals surface area contributed by atoms with E-state index >= 15 is 0 Å². The maximum atomic E-state index is 12.2. The van der Waals surface area contributed by atoms with Crippen LogP contribution in [0.1, 0.15) is 58.4 Å². The van der Waals surface area contributed by atoms with E-state index in [9.17, 15) is 4.57 Å². The van der Waals surface area contributed by atoms with Gasteiger partial charge in [-0.25, -0.2) is 9.09 Å². The van der Waals surface area contributed by atoms with Gasteiger partial charge in [-0.15, -0.1) is 0 Å². The summed E-state index contributed by atoms with van der Waals surface area (Å²) in [5, 5.41) is 0. The molecule has 0 aliphatic heterocycles. The van der Waals surface area contributed by atoms with Crippen LogP contribution in [0.3, 0.4) is 0 Å². The first-order valence-electron chi connectivity index (χ1n) is 9.23. The number of phosphoric acid groups is 1. The van der Waals surface area contributed by atoms with Gasteiger partial charge in [0, 0.05) is 0 Å². The molecule has 0 aromatic heterocycles. The van der Waals surface area contributed by atoms with Crippen LogP contribution in [0.25, 0.3) is 0 Å². The Bertz CT molecular complexity index is 563. The zero-order chi connectivity index (χ0) is 18.3. The Morgan fingerprint density at radius 2 is 1.80 bits per heavy atom. The third-order valence-electron chi connectivity index (χ3n) is 4.59. The van der Waals surface area contributed by atoms with E-state index in [0.717, 1.165) is 11.8 Å². The van der Waals surface area contributed by atoms with Gasteiger partial charge in [-0.2, -0.15) is 0 Å². The molecular formula is C19H31O5P. The van der Waals surface area contributed by atoms with Gasteiger partial charge in [0.1, 0.15) is 5.75 Å². The molecule has 2 atom stereocenters. The van der Waals surface area contributed by atoms with E-state index in [0.29, 0.717) is 11.7 Å². The molecule has 5 nitrogen and oxygen atoms in total. The lowest BCUT2D eigenvalue weighted by Gasteiger charge is -2.19. The first kappa shape index (κ1) is 20.4. The van der Waals surface area contributed by atoms with Crippen LogP contribution in [0.2, 0.25) is 0 Å². The normalized spacial score (nSPS) is 17.3. The number of hydrogen-bond acceptors (Lipinski definition) is 5. The zero-order valence-corrected chi connectivity index (χ0v) is 16.7. The van der Waals surface area contributed by atoms with E-state index in [1.54, 1.807) is 13.8 Å². The molecule has 0 spiro atoms. The molecule has 1 fully saturated rings. The Hall–Kier alpha value is -0.870. The molecule has 0 heterocycles. The van der Waals surface area contributed by atoms with Crippen molar-refractivity contribution >= 4 is 7.82 Å². The minimum absolute atomic E-state index is 0.173. The average molecular weight is 370 g/mol. The molecule has 1 aliphatic carbocycles. The summed E-state index contributed by atoms with van der Waals surface area (Å²) in [6.07, 6.45) is 3.96. The van der Waals surface area contributed by atoms with Gasteiger partial charge in [0.05, 0.1) is 13.2 Å². The third kappa shape index (κ3) is 6.74. The van der Waals surface area contributed by atoms with Crippen LogP contribution in [-0.2, 0) is 18.1 Å². The molecule has 0 bridgehead atoms. The Balaban J connectivity index is 1.86. The molecule has 6 heteroatoms. The number of phosphoric ester groups is 1. The fraction of sp³-hybridized carbons (Fsp3) is 0.684. The lowest BCUT2D eigenvalue weighted by molar-refractivity contribution is 0.0537. The molecule has 142 valence electrons. The molecule has 0 radical (unpaired) electrons. The predicted molar refractivity (Wildman–Crippen MR) is 98.8 cm³/mol. The van der Waals surface area contributed by atoms with Crippen LogP contribution in [0.15, 0.2) is 24.3 Å². The second-order valence-corrected chi connectivity index (χ2v) is 8.37. The maximum absolute atomic E-state index is 12.2.